The van der Waals surface area contributed by atoms with Crippen LogP contribution in [-0.4, -0.2) is 41.5 Å². The second-order valence-corrected chi connectivity index (χ2v) is 5.13. The van der Waals surface area contributed by atoms with Gasteiger partial charge in [-0.1, -0.05) is 13.8 Å². The van der Waals surface area contributed by atoms with Crippen molar-refractivity contribution in [2.45, 2.75) is 52.1 Å². The number of carboxylic acid groups (broad SMARTS) is 1. The minimum atomic E-state index is -1.17. The molecule has 0 spiro atoms. The van der Waals surface area contributed by atoms with E-state index >= 15 is 0 Å². The van der Waals surface area contributed by atoms with E-state index in [4.69, 9.17) is 10.8 Å². The molecular formula is C13H25N3O4. The highest BCUT2D eigenvalue weighted by atomic mass is 16.4. The largest absolute Gasteiger partial charge is 0.480 e. The van der Waals surface area contributed by atoms with Crippen molar-refractivity contribution in [1.29, 1.82) is 0 Å². The van der Waals surface area contributed by atoms with Crippen LogP contribution in [0.1, 0.15) is 40.0 Å². The van der Waals surface area contributed by atoms with Crippen molar-refractivity contribution >= 4 is 17.8 Å². The molecule has 0 aliphatic carbocycles. The quantitative estimate of drug-likeness (QED) is 0.469. The Labute approximate surface area is 119 Å². The average molecular weight is 287 g/mol. The molecule has 0 saturated heterocycles. The summed E-state index contributed by atoms with van der Waals surface area (Å²) in [6.45, 7) is 6.12. The van der Waals surface area contributed by atoms with Gasteiger partial charge in [-0.2, -0.15) is 0 Å². The van der Waals surface area contributed by atoms with Crippen LogP contribution in [0, 0.1) is 5.92 Å². The third-order valence-electron chi connectivity index (χ3n) is 2.71. The molecule has 0 aromatic carbocycles. The molecule has 0 bridgehead atoms. The van der Waals surface area contributed by atoms with Crippen molar-refractivity contribution in [3.8, 4) is 0 Å². The number of carboxylic acids is 1. The van der Waals surface area contributed by atoms with Crippen LogP contribution in [0.3, 0.4) is 0 Å². The van der Waals surface area contributed by atoms with Crippen LogP contribution in [0.4, 0.5) is 0 Å². The number of nitrogens with one attached hydrogen (secondary N) is 2. The zero-order valence-electron chi connectivity index (χ0n) is 12.3. The van der Waals surface area contributed by atoms with Gasteiger partial charge in [-0.25, -0.2) is 4.79 Å². The lowest BCUT2D eigenvalue weighted by atomic mass is 10.0. The van der Waals surface area contributed by atoms with E-state index < -0.39 is 24.0 Å². The Bertz CT molecular complexity index is 345. The van der Waals surface area contributed by atoms with Crippen LogP contribution in [0.15, 0.2) is 0 Å². The molecule has 0 aliphatic rings. The molecule has 0 aromatic rings. The molecule has 0 aromatic heterocycles. The molecule has 2 amide bonds. The van der Waals surface area contributed by atoms with Gasteiger partial charge in [0.2, 0.25) is 11.8 Å². The minimum absolute atomic E-state index is 0.0430. The summed E-state index contributed by atoms with van der Waals surface area (Å²) in [5, 5.41) is 14.0. The number of nitrogens with two attached hydrogens (primary N) is 1. The number of rotatable bonds is 9. The third-order valence-corrected chi connectivity index (χ3v) is 2.71. The van der Waals surface area contributed by atoms with Gasteiger partial charge in [-0.05, 0) is 25.7 Å². The van der Waals surface area contributed by atoms with E-state index in [1.165, 1.54) is 0 Å². The number of carbonyl (C=O) groups is 3. The molecule has 0 saturated carbocycles. The number of aliphatic carboxylic acids is 1. The Kier molecular flexibility index (Phi) is 8.54. The maximum absolute atomic E-state index is 11.8. The summed E-state index contributed by atoms with van der Waals surface area (Å²) in [4.78, 5) is 34.1. The Hall–Kier alpha value is -1.63. The molecule has 2 atom stereocenters. The van der Waals surface area contributed by atoms with Crippen LogP contribution in [0.2, 0.25) is 0 Å². The summed E-state index contributed by atoms with van der Waals surface area (Å²) in [7, 11) is 0. The number of hydrogen-bond donors (Lipinski definition) is 4. The molecule has 0 radical (unpaired) electrons. The first-order valence-corrected chi connectivity index (χ1v) is 6.83. The van der Waals surface area contributed by atoms with Crippen LogP contribution in [0.5, 0.6) is 0 Å². The summed E-state index contributed by atoms with van der Waals surface area (Å²) in [5.41, 5.74) is 5.69. The highest BCUT2D eigenvalue weighted by molar-refractivity contribution is 5.87. The fourth-order valence-electron chi connectivity index (χ4n) is 1.71. The Morgan fingerprint density at radius 3 is 2.30 bits per heavy atom. The van der Waals surface area contributed by atoms with Gasteiger partial charge in [0, 0.05) is 13.0 Å². The van der Waals surface area contributed by atoms with E-state index in [1.807, 2.05) is 13.8 Å². The van der Waals surface area contributed by atoms with Crippen molar-refractivity contribution in [3.63, 3.8) is 0 Å². The SMILES string of the molecule is CCNC(=O)CC[C@H](NC(=O)[C@@H](N)CC(C)C)C(=O)O. The monoisotopic (exact) mass is 287 g/mol. The standard InChI is InChI=1S/C13H25N3O4/c1-4-15-11(17)6-5-10(13(19)20)16-12(18)9(14)7-8(2)3/h8-10H,4-7,14H2,1-3H3,(H,15,17)(H,16,18)(H,19,20)/t9-,10-/m0/s1. The van der Waals surface area contributed by atoms with Crippen molar-refractivity contribution in [3.05, 3.63) is 0 Å². The number of amides is 2. The van der Waals surface area contributed by atoms with Crippen molar-refractivity contribution in [1.82, 2.24) is 10.6 Å². The number of hydrogen-bond acceptors (Lipinski definition) is 4. The molecule has 20 heavy (non-hydrogen) atoms. The van der Waals surface area contributed by atoms with Gasteiger partial charge in [0.05, 0.1) is 6.04 Å². The van der Waals surface area contributed by atoms with Crippen LogP contribution >= 0.6 is 0 Å². The van der Waals surface area contributed by atoms with Gasteiger partial charge in [-0.15, -0.1) is 0 Å². The van der Waals surface area contributed by atoms with Crippen LogP contribution < -0.4 is 16.4 Å². The molecule has 0 unspecified atom stereocenters. The maximum atomic E-state index is 11.8. The van der Waals surface area contributed by atoms with Crippen molar-refractivity contribution in [2.24, 2.45) is 11.7 Å². The Balaban J connectivity index is 4.36. The molecule has 0 fully saturated rings. The molecule has 0 rings (SSSR count). The predicted octanol–water partition coefficient (Wildman–Crippen LogP) is -0.154. The van der Waals surface area contributed by atoms with Crippen LogP contribution in [-0.2, 0) is 14.4 Å². The lowest BCUT2D eigenvalue weighted by Crippen LogP contribution is -2.49. The lowest BCUT2D eigenvalue weighted by molar-refractivity contribution is -0.142. The van der Waals surface area contributed by atoms with E-state index in [9.17, 15) is 14.4 Å². The third kappa shape index (κ3) is 7.73. The lowest BCUT2D eigenvalue weighted by Gasteiger charge is -2.18. The Morgan fingerprint density at radius 1 is 1.25 bits per heavy atom. The van der Waals surface area contributed by atoms with Crippen molar-refractivity contribution in [2.75, 3.05) is 6.54 Å². The summed E-state index contributed by atoms with van der Waals surface area (Å²) in [5.74, 6) is -1.66. The highest BCUT2D eigenvalue weighted by Gasteiger charge is 2.24. The smallest absolute Gasteiger partial charge is 0.326 e. The van der Waals surface area contributed by atoms with Crippen LogP contribution in [0.25, 0.3) is 0 Å². The number of carbonyl (C=O) groups excluding carboxylic acids is 2. The summed E-state index contributed by atoms with van der Waals surface area (Å²) >= 11 is 0. The van der Waals surface area contributed by atoms with E-state index in [2.05, 4.69) is 10.6 Å². The highest BCUT2D eigenvalue weighted by Crippen LogP contribution is 2.04. The zero-order valence-corrected chi connectivity index (χ0v) is 12.3. The van der Waals surface area contributed by atoms with Gasteiger partial charge in [0.25, 0.3) is 0 Å². The second kappa shape index (κ2) is 9.30. The summed E-state index contributed by atoms with van der Waals surface area (Å²) < 4.78 is 0. The van der Waals surface area contributed by atoms with Gasteiger partial charge in [0.1, 0.15) is 6.04 Å². The summed E-state index contributed by atoms with van der Waals surface area (Å²) in [6.07, 6.45) is 0.570. The van der Waals surface area contributed by atoms with Gasteiger partial charge >= 0.3 is 5.97 Å². The Morgan fingerprint density at radius 2 is 1.85 bits per heavy atom. The first-order chi connectivity index (χ1) is 9.27. The van der Waals surface area contributed by atoms with E-state index in [0.717, 1.165) is 0 Å². The topological polar surface area (TPSA) is 122 Å². The summed E-state index contributed by atoms with van der Waals surface area (Å²) in [6, 6.07) is -1.83. The predicted molar refractivity (Wildman–Crippen MR) is 74.9 cm³/mol. The van der Waals surface area contributed by atoms with E-state index in [-0.39, 0.29) is 24.7 Å². The zero-order chi connectivity index (χ0) is 15.7. The van der Waals surface area contributed by atoms with E-state index in [0.29, 0.717) is 13.0 Å². The van der Waals surface area contributed by atoms with Gasteiger partial charge < -0.3 is 21.5 Å². The minimum Gasteiger partial charge on any atom is -0.480 e. The molecule has 116 valence electrons. The average Bonchev–Trinajstić information content (AvgIpc) is 2.33. The van der Waals surface area contributed by atoms with Gasteiger partial charge in [-0.3, -0.25) is 9.59 Å². The van der Waals surface area contributed by atoms with Crippen molar-refractivity contribution < 1.29 is 19.5 Å². The second-order valence-electron chi connectivity index (χ2n) is 5.13. The first-order valence-electron chi connectivity index (χ1n) is 6.83. The fourth-order valence-corrected chi connectivity index (χ4v) is 1.71. The normalized spacial score (nSPS) is 13.7. The molecule has 0 aliphatic heterocycles. The van der Waals surface area contributed by atoms with E-state index in [1.54, 1.807) is 6.92 Å². The fraction of sp³-hybridized carbons (Fsp3) is 0.769. The molecule has 0 heterocycles. The molecule has 5 N–H and O–H groups in total. The molecule has 7 nitrogen and oxygen atoms in total. The first kappa shape index (κ1) is 18.4. The molecule has 7 heteroatoms. The molecular weight excluding hydrogens is 262 g/mol. The maximum Gasteiger partial charge on any atom is 0.326 e. The van der Waals surface area contributed by atoms with Gasteiger partial charge in [0.15, 0.2) is 0 Å².